The molecule has 0 bridgehead atoms. The van der Waals surface area contributed by atoms with Gasteiger partial charge >= 0.3 is 0 Å². The summed E-state index contributed by atoms with van der Waals surface area (Å²) in [5.74, 6) is 0. The van der Waals surface area contributed by atoms with Crippen molar-refractivity contribution < 1.29 is 0 Å². The summed E-state index contributed by atoms with van der Waals surface area (Å²) < 4.78 is 2.24. The van der Waals surface area contributed by atoms with E-state index in [-0.39, 0.29) is 0 Å². The largest absolute Gasteiger partial charge is 0.354 e. The van der Waals surface area contributed by atoms with E-state index >= 15 is 0 Å². The number of rotatable bonds is 5. The molecule has 1 fully saturated rings. The van der Waals surface area contributed by atoms with Crippen molar-refractivity contribution in [2.75, 3.05) is 6.54 Å². The monoisotopic (exact) mass is 234 g/mol. The van der Waals surface area contributed by atoms with E-state index in [1.165, 1.54) is 44.2 Å². The highest BCUT2D eigenvalue weighted by Crippen LogP contribution is 2.34. The molecule has 1 aromatic rings. The predicted molar refractivity (Wildman–Crippen MR) is 73.0 cm³/mol. The van der Waals surface area contributed by atoms with Crippen molar-refractivity contribution in [2.24, 2.45) is 5.41 Å². The highest BCUT2D eigenvalue weighted by Gasteiger charge is 2.25. The molecule has 0 aliphatic heterocycles. The summed E-state index contributed by atoms with van der Waals surface area (Å²) in [4.78, 5) is 0. The van der Waals surface area contributed by atoms with Crippen molar-refractivity contribution in [2.45, 2.75) is 59.0 Å². The molecule has 0 saturated heterocycles. The van der Waals surface area contributed by atoms with Gasteiger partial charge in [-0.2, -0.15) is 0 Å². The molecule has 1 aliphatic rings. The molecular formula is C15H26N2. The standard InChI is InChI=1S/C15H26N2/c1-3-17-10-7-14(12-17)11-16-13-15(2)8-5-4-6-9-15/h7,10,12,16H,3-6,8-9,11,13H2,1-2H3. The zero-order chi connectivity index (χ0) is 12.1. The van der Waals surface area contributed by atoms with Gasteiger partial charge in [-0.15, -0.1) is 0 Å². The van der Waals surface area contributed by atoms with Gasteiger partial charge in [0.2, 0.25) is 0 Å². The maximum Gasteiger partial charge on any atom is 0.0220 e. The van der Waals surface area contributed by atoms with Crippen LogP contribution < -0.4 is 5.32 Å². The van der Waals surface area contributed by atoms with Crippen LogP contribution in [0.4, 0.5) is 0 Å². The van der Waals surface area contributed by atoms with Crippen LogP contribution in [-0.4, -0.2) is 11.1 Å². The molecule has 17 heavy (non-hydrogen) atoms. The van der Waals surface area contributed by atoms with Crippen LogP contribution in [0, 0.1) is 5.41 Å². The molecule has 1 heterocycles. The van der Waals surface area contributed by atoms with Gasteiger partial charge in [0.05, 0.1) is 0 Å². The fraction of sp³-hybridized carbons (Fsp3) is 0.733. The normalized spacial score (nSPS) is 19.4. The fourth-order valence-electron chi connectivity index (χ4n) is 2.88. The van der Waals surface area contributed by atoms with Crippen molar-refractivity contribution in [1.82, 2.24) is 9.88 Å². The van der Waals surface area contributed by atoms with Crippen molar-refractivity contribution in [3.8, 4) is 0 Å². The SMILES string of the molecule is CCn1ccc(CNCC2(C)CCCCC2)c1. The zero-order valence-corrected chi connectivity index (χ0v) is 11.3. The second kappa shape index (κ2) is 5.72. The van der Waals surface area contributed by atoms with Gasteiger partial charge in [0.15, 0.2) is 0 Å². The third kappa shape index (κ3) is 3.60. The maximum atomic E-state index is 3.64. The van der Waals surface area contributed by atoms with E-state index in [4.69, 9.17) is 0 Å². The second-order valence-corrected chi connectivity index (χ2v) is 5.83. The van der Waals surface area contributed by atoms with Gasteiger partial charge in [0.25, 0.3) is 0 Å². The van der Waals surface area contributed by atoms with E-state index in [1.54, 1.807) is 0 Å². The second-order valence-electron chi connectivity index (χ2n) is 5.83. The fourth-order valence-corrected chi connectivity index (χ4v) is 2.88. The molecule has 1 saturated carbocycles. The lowest BCUT2D eigenvalue weighted by molar-refractivity contribution is 0.207. The first-order chi connectivity index (χ1) is 8.22. The Morgan fingerprint density at radius 3 is 2.71 bits per heavy atom. The summed E-state index contributed by atoms with van der Waals surface area (Å²) in [6.45, 7) is 7.88. The molecule has 1 aliphatic carbocycles. The highest BCUT2D eigenvalue weighted by molar-refractivity contribution is 5.09. The Hall–Kier alpha value is -0.760. The molecule has 2 rings (SSSR count). The Bertz CT molecular complexity index is 334. The Morgan fingerprint density at radius 1 is 1.29 bits per heavy atom. The number of hydrogen-bond donors (Lipinski definition) is 1. The number of nitrogens with one attached hydrogen (secondary N) is 1. The average molecular weight is 234 g/mol. The summed E-state index contributed by atoms with van der Waals surface area (Å²) in [6.07, 6.45) is 11.5. The molecule has 0 unspecified atom stereocenters. The van der Waals surface area contributed by atoms with E-state index in [0.717, 1.165) is 13.1 Å². The molecule has 0 radical (unpaired) electrons. The van der Waals surface area contributed by atoms with Crippen molar-refractivity contribution in [3.05, 3.63) is 24.0 Å². The van der Waals surface area contributed by atoms with Gasteiger partial charge in [-0.1, -0.05) is 26.2 Å². The van der Waals surface area contributed by atoms with Crippen LogP contribution in [0.1, 0.15) is 51.5 Å². The molecule has 0 amide bonds. The average Bonchev–Trinajstić information content (AvgIpc) is 2.78. The summed E-state index contributed by atoms with van der Waals surface area (Å²) >= 11 is 0. The molecule has 2 nitrogen and oxygen atoms in total. The number of nitrogens with zero attached hydrogens (tertiary/aromatic N) is 1. The first kappa shape index (κ1) is 12.7. The lowest BCUT2D eigenvalue weighted by Crippen LogP contribution is -2.33. The van der Waals surface area contributed by atoms with Crippen molar-refractivity contribution in [1.29, 1.82) is 0 Å². The van der Waals surface area contributed by atoms with E-state index in [9.17, 15) is 0 Å². The topological polar surface area (TPSA) is 17.0 Å². The van der Waals surface area contributed by atoms with E-state index in [1.807, 2.05) is 0 Å². The van der Waals surface area contributed by atoms with Crippen LogP contribution in [0.15, 0.2) is 18.5 Å². The van der Waals surface area contributed by atoms with Crippen LogP contribution in [0.25, 0.3) is 0 Å². The molecule has 2 heteroatoms. The van der Waals surface area contributed by atoms with Crippen LogP contribution in [0.3, 0.4) is 0 Å². The molecule has 96 valence electrons. The van der Waals surface area contributed by atoms with E-state index in [0.29, 0.717) is 5.41 Å². The lowest BCUT2D eigenvalue weighted by atomic mass is 9.76. The minimum Gasteiger partial charge on any atom is -0.354 e. The van der Waals surface area contributed by atoms with Gasteiger partial charge in [-0.05, 0) is 36.8 Å². The smallest absolute Gasteiger partial charge is 0.0220 e. The molecule has 0 aromatic carbocycles. The van der Waals surface area contributed by atoms with Gasteiger partial charge in [-0.25, -0.2) is 0 Å². The summed E-state index contributed by atoms with van der Waals surface area (Å²) in [5, 5.41) is 3.64. The minimum absolute atomic E-state index is 0.547. The number of aromatic nitrogens is 1. The van der Waals surface area contributed by atoms with Gasteiger partial charge in [0.1, 0.15) is 0 Å². The Balaban J connectivity index is 1.74. The van der Waals surface area contributed by atoms with Crippen LogP contribution >= 0.6 is 0 Å². The first-order valence-corrected chi connectivity index (χ1v) is 7.07. The maximum absolute atomic E-state index is 3.64. The Labute approximate surface area is 105 Å². The van der Waals surface area contributed by atoms with Crippen LogP contribution in [-0.2, 0) is 13.1 Å². The summed E-state index contributed by atoms with van der Waals surface area (Å²) in [5.41, 5.74) is 1.96. The lowest BCUT2D eigenvalue weighted by Gasteiger charge is -2.33. The van der Waals surface area contributed by atoms with Crippen molar-refractivity contribution >= 4 is 0 Å². The van der Waals surface area contributed by atoms with Crippen molar-refractivity contribution in [3.63, 3.8) is 0 Å². The zero-order valence-electron chi connectivity index (χ0n) is 11.3. The van der Waals surface area contributed by atoms with Crippen LogP contribution in [0.2, 0.25) is 0 Å². The Morgan fingerprint density at radius 2 is 2.06 bits per heavy atom. The first-order valence-electron chi connectivity index (χ1n) is 7.07. The van der Waals surface area contributed by atoms with Gasteiger partial charge < -0.3 is 9.88 Å². The molecular weight excluding hydrogens is 208 g/mol. The third-order valence-electron chi connectivity index (χ3n) is 4.12. The number of aryl methyl sites for hydroxylation is 1. The van der Waals surface area contributed by atoms with Gasteiger partial charge in [0, 0.05) is 32.0 Å². The summed E-state index contributed by atoms with van der Waals surface area (Å²) in [7, 11) is 0. The molecule has 1 aromatic heterocycles. The molecule has 0 atom stereocenters. The predicted octanol–water partition coefficient (Wildman–Crippen LogP) is 3.57. The van der Waals surface area contributed by atoms with Crippen LogP contribution in [0.5, 0.6) is 0 Å². The highest BCUT2D eigenvalue weighted by atomic mass is 14.9. The quantitative estimate of drug-likeness (QED) is 0.824. The van der Waals surface area contributed by atoms with E-state index in [2.05, 4.69) is 42.2 Å². The van der Waals surface area contributed by atoms with E-state index < -0.39 is 0 Å². The molecule has 0 spiro atoms. The summed E-state index contributed by atoms with van der Waals surface area (Å²) in [6, 6.07) is 2.22. The Kier molecular flexibility index (Phi) is 4.27. The minimum atomic E-state index is 0.547. The number of hydrogen-bond acceptors (Lipinski definition) is 1. The molecule has 1 N–H and O–H groups in total. The third-order valence-corrected chi connectivity index (χ3v) is 4.12. The van der Waals surface area contributed by atoms with Gasteiger partial charge in [-0.3, -0.25) is 0 Å².